The zero-order valence-electron chi connectivity index (χ0n) is 30.6. The molecule has 1 saturated heterocycles. The zero-order chi connectivity index (χ0) is 39.1. The van der Waals surface area contributed by atoms with Gasteiger partial charge in [0.05, 0.1) is 40.0 Å². The van der Waals surface area contributed by atoms with Crippen molar-refractivity contribution in [2.45, 2.75) is 43.3 Å². The molecule has 3 heterocycles. The Morgan fingerprint density at radius 1 is 0.804 bits per heavy atom. The molecule has 0 aliphatic carbocycles. The van der Waals surface area contributed by atoms with E-state index in [1.165, 1.54) is 12.7 Å². The number of hydrogen-bond acceptors (Lipinski definition) is 11. The number of carboxylic acid groups (broad SMARTS) is 1. The third-order valence-corrected chi connectivity index (χ3v) is 9.58. The summed E-state index contributed by atoms with van der Waals surface area (Å²) in [5.41, 5.74) is 2.37. The highest BCUT2D eigenvalue weighted by Crippen LogP contribution is 2.43. The maximum atomic E-state index is 13.0. The topological polar surface area (TPSA) is 173 Å². The molecule has 1 fully saturated rings. The number of benzene rings is 4. The molecule has 0 radical (unpaired) electrons. The average Bonchev–Trinajstić information content (AvgIpc) is 3.86. The van der Waals surface area contributed by atoms with E-state index in [0.717, 1.165) is 16.7 Å². The molecule has 1 amide bonds. The molecule has 1 aliphatic heterocycles. The van der Waals surface area contributed by atoms with Gasteiger partial charge in [-0.15, -0.1) is 0 Å². The molecule has 0 bridgehead atoms. The highest BCUT2D eigenvalue weighted by molar-refractivity contribution is 6.06. The Morgan fingerprint density at radius 2 is 1.41 bits per heavy atom. The van der Waals surface area contributed by atoms with Gasteiger partial charge in [0.2, 0.25) is 0 Å². The van der Waals surface area contributed by atoms with E-state index in [4.69, 9.17) is 23.7 Å². The van der Waals surface area contributed by atoms with Gasteiger partial charge in [0.15, 0.2) is 17.0 Å². The predicted octanol–water partition coefficient (Wildman–Crippen LogP) is 6.17. The molecule has 0 unspecified atom stereocenters. The van der Waals surface area contributed by atoms with Gasteiger partial charge in [-0.1, -0.05) is 72.8 Å². The number of esters is 1. The molecule has 56 heavy (non-hydrogen) atoms. The minimum absolute atomic E-state index is 0.0691. The number of aliphatic carboxylic acids is 1. The van der Waals surface area contributed by atoms with Crippen molar-refractivity contribution in [2.24, 2.45) is 0 Å². The van der Waals surface area contributed by atoms with Crippen LogP contribution in [0.1, 0.15) is 52.5 Å². The minimum Gasteiger partial charge on any atom is -0.497 e. The summed E-state index contributed by atoms with van der Waals surface area (Å²) in [5, 5.41) is 12.0. The van der Waals surface area contributed by atoms with Crippen molar-refractivity contribution in [3.8, 4) is 11.5 Å². The number of nitrogens with one attached hydrogen (secondary N) is 1. The SMILES string of the molecule is COc1ccc(C(OC[C@H]2O[C@@H](n3cnc4c(NC(=O)c5ccccc5)ncnc43)C[C@@H]2OC(=O)CCC(=O)O)(c2ccccc2)c2ccc(OC)cc2)cc1. The van der Waals surface area contributed by atoms with Crippen molar-refractivity contribution in [3.05, 3.63) is 144 Å². The van der Waals surface area contributed by atoms with Crippen molar-refractivity contribution < 1.29 is 43.2 Å². The van der Waals surface area contributed by atoms with Crippen molar-refractivity contribution >= 4 is 34.8 Å². The predicted molar refractivity (Wildman–Crippen MR) is 203 cm³/mol. The number of amides is 1. The van der Waals surface area contributed by atoms with Crippen LogP contribution in [0.25, 0.3) is 11.2 Å². The maximum absolute atomic E-state index is 13.0. The molecule has 7 rings (SSSR count). The van der Waals surface area contributed by atoms with Crippen LogP contribution in [-0.2, 0) is 29.4 Å². The van der Waals surface area contributed by atoms with Crippen LogP contribution in [0.3, 0.4) is 0 Å². The first-order valence-electron chi connectivity index (χ1n) is 17.9. The molecule has 14 heteroatoms. The second-order valence-corrected chi connectivity index (χ2v) is 13.0. The van der Waals surface area contributed by atoms with Crippen LogP contribution in [0.15, 0.2) is 122 Å². The van der Waals surface area contributed by atoms with Gasteiger partial charge in [0.25, 0.3) is 5.91 Å². The van der Waals surface area contributed by atoms with Gasteiger partial charge < -0.3 is 34.1 Å². The summed E-state index contributed by atoms with van der Waals surface area (Å²) < 4.78 is 32.3. The molecule has 1 aliphatic rings. The fraction of sp³-hybridized carbons (Fsp3) is 0.238. The maximum Gasteiger partial charge on any atom is 0.306 e. The summed E-state index contributed by atoms with van der Waals surface area (Å²) in [6.07, 6.45) is -0.118. The van der Waals surface area contributed by atoms with Crippen molar-refractivity contribution in [1.29, 1.82) is 0 Å². The van der Waals surface area contributed by atoms with Gasteiger partial charge in [0.1, 0.15) is 41.9 Å². The van der Waals surface area contributed by atoms with E-state index in [9.17, 15) is 19.5 Å². The molecule has 14 nitrogen and oxygen atoms in total. The highest BCUT2D eigenvalue weighted by atomic mass is 16.6. The number of aromatic nitrogens is 4. The number of carbonyl (C=O) groups is 3. The Kier molecular flexibility index (Phi) is 11.3. The number of nitrogens with zero attached hydrogens (tertiary/aromatic N) is 4. The molecule has 0 saturated carbocycles. The Bertz CT molecular complexity index is 2240. The summed E-state index contributed by atoms with van der Waals surface area (Å²) in [7, 11) is 3.20. The number of methoxy groups -OCH3 is 2. The molecule has 6 aromatic rings. The normalized spacial score (nSPS) is 16.6. The number of imidazole rings is 1. The van der Waals surface area contributed by atoms with Crippen LogP contribution >= 0.6 is 0 Å². The lowest BCUT2D eigenvalue weighted by Gasteiger charge is -2.37. The van der Waals surface area contributed by atoms with E-state index in [2.05, 4.69) is 20.3 Å². The summed E-state index contributed by atoms with van der Waals surface area (Å²) in [5.74, 6) is -0.620. The van der Waals surface area contributed by atoms with Crippen LogP contribution < -0.4 is 14.8 Å². The van der Waals surface area contributed by atoms with E-state index in [-0.39, 0.29) is 37.6 Å². The Labute approximate surface area is 322 Å². The highest BCUT2D eigenvalue weighted by Gasteiger charge is 2.44. The van der Waals surface area contributed by atoms with Crippen LogP contribution in [0.4, 0.5) is 5.82 Å². The number of fused-ring (bicyclic) bond motifs is 1. The van der Waals surface area contributed by atoms with E-state index >= 15 is 0 Å². The Hall–Kier alpha value is -6.64. The van der Waals surface area contributed by atoms with Crippen LogP contribution in [0.5, 0.6) is 11.5 Å². The molecule has 0 spiro atoms. The fourth-order valence-corrected chi connectivity index (χ4v) is 6.79. The molecule has 3 atom stereocenters. The molecule has 2 aromatic heterocycles. The third kappa shape index (κ3) is 7.92. The van der Waals surface area contributed by atoms with Crippen LogP contribution in [-0.4, -0.2) is 75.5 Å². The van der Waals surface area contributed by atoms with Gasteiger partial charge in [-0.3, -0.25) is 19.0 Å². The average molecular weight is 758 g/mol. The van der Waals surface area contributed by atoms with Gasteiger partial charge in [-0.25, -0.2) is 15.0 Å². The number of anilines is 1. The van der Waals surface area contributed by atoms with Crippen LogP contribution in [0.2, 0.25) is 0 Å². The summed E-state index contributed by atoms with van der Waals surface area (Å²) in [6.45, 7) is -0.0691. The second-order valence-electron chi connectivity index (χ2n) is 13.0. The lowest BCUT2D eigenvalue weighted by Crippen LogP contribution is -2.39. The van der Waals surface area contributed by atoms with Crippen molar-refractivity contribution in [2.75, 3.05) is 26.1 Å². The van der Waals surface area contributed by atoms with Crippen LogP contribution in [0, 0.1) is 0 Å². The van der Waals surface area contributed by atoms with Gasteiger partial charge >= 0.3 is 11.9 Å². The van der Waals surface area contributed by atoms with Crippen molar-refractivity contribution in [3.63, 3.8) is 0 Å². The second kappa shape index (κ2) is 16.8. The van der Waals surface area contributed by atoms with E-state index in [1.54, 1.807) is 43.1 Å². The standard InChI is InChI=1S/C42H39N5O9/c1-52-31-17-13-29(14-18-31)42(28-11-7-4-8-12-28,30-15-19-32(53-2)20-16-30)54-24-34-33(56-37(50)22-21-36(48)49)23-35(55-34)47-26-45-38-39(43-25-44-40(38)47)46-41(51)27-9-5-3-6-10-27/h3-20,25-26,33-35H,21-24H2,1-2H3,(H,48,49)(H,43,44,46,51)/t33-,34+,35+/m0/s1. The van der Waals surface area contributed by atoms with Gasteiger partial charge in [0, 0.05) is 12.0 Å². The van der Waals surface area contributed by atoms with E-state index < -0.39 is 36.0 Å². The lowest BCUT2D eigenvalue weighted by molar-refractivity contribution is -0.157. The smallest absolute Gasteiger partial charge is 0.306 e. The summed E-state index contributed by atoms with van der Waals surface area (Å²) >= 11 is 0. The first kappa shape index (κ1) is 37.7. The quantitative estimate of drug-likeness (QED) is 0.0903. The summed E-state index contributed by atoms with van der Waals surface area (Å²) in [6, 6.07) is 33.6. The molecule has 4 aromatic carbocycles. The number of ether oxygens (including phenoxy) is 5. The summed E-state index contributed by atoms with van der Waals surface area (Å²) in [4.78, 5) is 50.5. The number of rotatable bonds is 15. The monoisotopic (exact) mass is 757 g/mol. The Balaban J connectivity index is 1.23. The first-order valence-corrected chi connectivity index (χ1v) is 17.9. The van der Waals surface area contributed by atoms with E-state index in [0.29, 0.717) is 28.2 Å². The first-order chi connectivity index (χ1) is 27.3. The Morgan fingerprint density at radius 3 is 2.02 bits per heavy atom. The third-order valence-electron chi connectivity index (χ3n) is 9.58. The fourth-order valence-electron chi connectivity index (χ4n) is 6.79. The lowest BCUT2D eigenvalue weighted by atomic mass is 9.80. The molecular formula is C42H39N5O9. The number of hydrogen-bond donors (Lipinski definition) is 2. The largest absolute Gasteiger partial charge is 0.497 e. The van der Waals surface area contributed by atoms with Crippen molar-refractivity contribution in [1.82, 2.24) is 19.5 Å². The molecular weight excluding hydrogens is 718 g/mol. The number of carbonyl (C=O) groups excluding carboxylic acids is 2. The molecule has 2 N–H and O–H groups in total. The number of carboxylic acids is 1. The van der Waals surface area contributed by atoms with Gasteiger partial charge in [-0.05, 0) is 53.1 Å². The molecule has 286 valence electrons. The van der Waals surface area contributed by atoms with Gasteiger partial charge in [-0.2, -0.15) is 0 Å². The van der Waals surface area contributed by atoms with E-state index in [1.807, 2.05) is 84.9 Å². The zero-order valence-corrected chi connectivity index (χ0v) is 30.6. The minimum atomic E-state index is -1.19.